The molecule has 1 aliphatic heterocycles. The molecule has 1 aromatic rings. The Kier molecular flexibility index (Phi) is 8.10. The molecule has 0 aliphatic carbocycles. The van der Waals surface area contributed by atoms with Crippen molar-refractivity contribution in [2.45, 2.75) is 71.3 Å². The lowest BCUT2D eigenvalue weighted by Gasteiger charge is -2.16. The fraction of sp³-hybridized carbons (Fsp3) is 0.650. The predicted molar refractivity (Wildman–Crippen MR) is 97.7 cm³/mol. The normalized spacial score (nSPS) is 17.0. The lowest BCUT2D eigenvalue weighted by molar-refractivity contribution is -0.116. The van der Waals surface area contributed by atoms with Crippen molar-refractivity contribution in [2.75, 3.05) is 18.5 Å². The van der Waals surface area contributed by atoms with Crippen LogP contribution in [0.4, 0.5) is 5.69 Å². The fourth-order valence-electron chi connectivity index (χ4n) is 2.91. The number of benzene rings is 1. The third-order valence-electron chi connectivity index (χ3n) is 4.37. The van der Waals surface area contributed by atoms with E-state index in [2.05, 4.69) is 12.2 Å². The summed E-state index contributed by atoms with van der Waals surface area (Å²) in [6.45, 7) is 5.59. The first kappa shape index (κ1) is 18.8. The van der Waals surface area contributed by atoms with Crippen LogP contribution in [0, 0.1) is 6.92 Å². The molecule has 1 fully saturated rings. The Bertz CT molecular complexity index is 510. The van der Waals surface area contributed by atoms with E-state index in [9.17, 15) is 4.79 Å². The number of nitrogens with one attached hydrogen (secondary N) is 1. The standard InChI is InChI=1S/C20H31NO3/c1-3-4-5-6-7-10-20(22)21-18-12-11-16(2)14-19(18)24-15-17-9-8-13-23-17/h11-12,14,17H,3-10,13,15H2,1-2H3,(H,21,22). The van der Waals surface area contributed by atoms with Gasteiger partial charge in [-0.1, -0.05) is 38.7 Å². The lowest BCUT2D eigenvalue weighted by Crippen LogP contribution is -2.18. The molecule has 0 saturated carbocycles. The molecule has 1 atom stereocenters. The number of carbonyl (C=O) groups excluding carboxylic acids is 1. The Hall–Kier alpha value is -1.55. The van der Waals surface area contributed by atoms with E-state index in [1.54, 1.807) is 0 Å². The fourth-order valence-corrected chi connectivity index (χ4v) is 2.91. The van der Waals surface area contributed by atoms with Crippen molar-refractivity contribution in [1.29, 1.82) is 0 Å². The monoisotopic (exact) mass is 333 g/mol. The largest absolute Gasteiger partial charge is 0.489 e. The molecule has 1 aromatic carbocycles. The van der Waals surface area contributed by atoms with E-state index in [1.807, 2.05) is 25.1 Å². The SMILES string of the molecule is CCCCCCCC(=O)Nc1ccc(C)cc1OCC1CCCO1. The Morgan fingerprint density at radius 2 is 2.12 bits per heavy atom. The third kappa shape index (κ3) is 6.52. The number of aryl methyl sites for hydroxylation is 1. The molecule has 134 valence electrons. The number of hydrogen-bond donors (Lipinski definition) is 1. The van der Waals surface area contributed by atoms with Gasteiger partial charge in [0.2, 0.25) is 5.91 Å². The van der Waals surface area contributed by atoms with Crippen molar-refractivity contribution in [3.05, 3.63) is 23.8 Å². The highest BCUT2D eigenvalue weighted by Crippen LogP contribution is 2.27. The summed E-state index contributed by atoms with van der Waals surface area (Å²) in [6.07, 6.45) is 8.65. The second-order valence-corrected chi connectivity index (χ2v) is 6.66. The van der Waals surface area contributed by atoms with E-state index in [4.69, 9.17) is 9.47 Å². The van der Waals surface area contributed by atoms with Crippen LogP contribution in [0.2, 0.25) is 0 Å². The average Bonchev–Trinajstić information content (AvgIpc) is 3.08. The van der Waals surface area contributed by atoms with Crippen LogP contribution in [0.25, 0.3) is 0 Å². The van der Waals surface area contributed by atoms with Crippen molar-refractivity contribution in [3.63, 3.8) is 0 Å². The molecule has 24 heavy (non-hydrogen) atoms. The highest BCUT2D eigenvalue weighted by Gasteiger charge is 2.17. The Balaban J connectivity index is 1.82. The zero-order valence-electron chi connectivity index (χ0n) is 15.1. The molecule has 1 N–H and O–H groups in total. The maximum atomic E-state index is 12.2. The maximum absolute atomic E-state index is 12.2. The quantitative estimate of drug-likeness (QED) is 0.623. The highest BCUT2D eigenvalue weighted by molar-refractivity contribution is 5.92. The molecular formula is C20H31NO3. The first-order chi connectivity index (χ1) is 11.7. The van der Waals surface area contributed by atoms with Gasteiger partial charge in [-0.05, 0) is 43.9 Å². The number of rotatable bonds is 10. The van der Waals surface area contributed by atoms with Crippen molar-refractivity contribution < 1.29 is 14.3 Å². The van der Waals surface area contributed by atoms with Crippen LogP contribution in [0.5, 0.6) is 5.75 Å². The van der Waals surface area contributed by atoms with Gasteiger partial charge < -0.3 is 14.8 Å². The maximum Gasteiger partial charge on any atom is 0.224 e. The minimum Gasteiger partial charge on any atom is -0.489 e. The zero-order chi connectivity index (χ0) is 17.2. The Morgan fingerprint density at radius 1 is 1.29 bits per heavy atom. The molecule has 1 unspecified atom stereocenters. The van der Waals surface area contributed by atoms with Crippen LogP contribution in [-0.4, -0.2) is 25.2 Å². The number of amides is 1. The van der Waals surface area contributed by atoms with Crippen molar-refractivity contribution in [3.8, 4) is 5.75 Å². The van der Waals surface area contributed by atoms with E-state index in [0.717, 1.165) is 49.3 Å². The van der Waals surface area contributed by atoms with Gasteiger partial charge in [0.15, 0.2) is 0 Å². The van der Waals surface area contributed by atoms with Gasteiger partial charge in [-0.15, -0.1) is 0 Å². The molecule has 0 aromatic heterocycles. The van der Waals surface area contributed by atoms with Crippen molar-refractivity contribution in [2.24, 2.45) is 0 Å². The van der Waals surface area contributed by atoms with Crippen molar-refractivity contribution in [1.82, 2.24) is 0 Å². The van der Waals surface area contributed by atoms with Gasteiger partial charge in [0.1, 0.15) is 12.4 Å². The topological polar surface area (TPSA) is 47.6 Å². The van der Waals surface area contributed by atoms with Crippen LogP contribution in [0.1, 0.15) is 63.9 Å². The van der Waals surface area contributed by atoms with Gasteiger partial charge in [-0.3, -0.25) is 4.79 Å². The van der Waals surface area contributed by atoms with Crippen LogP contribution >= 0.6 is 0 Å². The molecule has 1 heterocycles. The minimum absolute atomic E-state index is 0.0670. The molecule has 4 heteroatoms. The second kappa shape index (κ2) is 10.3. The summed E-state index contributed by atoms with van der Waals surface area (Å²) < 4.78 is 11.5. The van der Waals surface area contributed by atoms with Crippen LogP contribution in [0.3, 0.4) is 0 Å². The van der Waals surface area contributed by atoms with E-state index in [-0.39, 0.29) is 12.0 Å². The van der Waals surface area contributed by atoms with E-state index >= 15 is 0 Å². The molecule has 0 spiro atoms. The van der Waals surface area contributed by atoms with Gasteiger partial charge >= 0.3 is 0 Å². The molecule has 0 bridgehead atoms. The van der Waals surface area contributed by atoms with Gasteiger partial charge in [0, 0.05) is 13.0 Å². The lowest BCUT2D eigenvalue weighted by atomic mass is 10.1. The highest BCUT2D eigenvalue weighted by atomic mass is 16.5. The predicted octanol–water partition coefficient (Wildman–Crippen LogP) is 4.85. The Morgan fingerprint density at radius 3 is 2.88 bits per heavy atom. The van der Waals surface area contributed by atoms with Crippen LogP contribution < -0.4 is 10.1 Å². The average molecular weight is 333 g/mol. The van der Waals surface area contributed by atoms with Crippen molar-refractivity contribution >= 4 is 11.6 Å². The molecule has 4 nitrogen and oxygen atoms in total. The molecule has 1 amide bonds. The summed E-state index contributed by atoms with van der Waals surface area (Å²) in [5.41, 5.74) is 1.88. The zero-order valence-corrected chi connectivity index (χ0v) is 15.1. The summed E-state index contributed by atoms with van der Waals surface area (Å²) in [5.74, 6) is 0.808. The van der Waals surface area contributed by atoms with E-state index < -0.39 is 0 Å². The van der Waals surface area contributed by atoms with Crippen LogP contribution in [0.15, 0.2) is 18.2 Å². The van der Waals surface area contributed by atoms with Gasteiger partial charge in [0.05, 0.1) is 11.8 Å². The smallest absolute Gasteiger partial charge is 0.224 e. The Labute approximate surface area is 145 Å². The number of hydrogen-bond acceptors (Lipinski definition) is 3. The second-order valence-electron chi connectivity index (χ2n) is 6.66. The van der Waals surface area contributed by atoms with Crippen LogP contribution in [-0.2, 0) is 9.53 Å². The molecule has 1 aliphatic rings. The summed E-state index contributed by atoms with van der Waals surface area (Å²) in [6, 6.07) is 5.90. The molecule has 0 radical (unpaired) electrons. The van der Waals surface area contributed by atoms with E-state index in [1.165, 1.54) is 19.3 Å². The minimum atomic E-state index is 0.0670. The summed E-state index contributed by atoms with van der Waals surface area (Å²) >= 11 is 0. The van der Waals surface area contributed by atoms with Gasteiger partial charge in [0.25, 0.3) is 0 Å². The first-order valence-corrected chi connectivity index (χ1v) is 9.34. The number of unbranched alkanes of at least 4 members (excludes halogenated alkanes) is 4. The third-order valence-corrected chi connectivity index (χ3v) is 4.37. The molecule has 1 saturated heterocycles. The van der Waals surface area contributed by atoms with Gasteiger partial charge in [-0.2, -0.15) is 0 Å². The number of carbonyl (C=O) groups is 1. The first-order valence-electron chi connectivity index (χ1n) is 9.34. The summed E-state index contributed by atoms with van der Waals surface area (Å²) in [7, 11) is 0. The molecular weight excluding hydrogens is 302 g/mol. The summed E-state index contributed by atoms with van der Waals surface area (Å²) in [4.78, 5) is 12.2. The molecule has 2 rings (SSSR count). The van der Waals surface area contributed by atoms with Gasteiger partial charge in [-0.25, -0.2) is 0 Å². The summed E-state index contributed by atoms with van der Waals surface area (Å²) in [5, 5.41) is 3.00. The number of anilines is 1. The number of ether oxygens (including phenoxy) is 2. The van der Waals surface area contributed by atoms with E-state index in [0.29, 0.717) is 13.0 Å².